The fourth-order valence-electron chi connectivity index (χ4n) is 3.17. The molecule has 0 aliphatic carbocycles. The number of rotatable bonds is 6. The van der Waals surface area contributed by atoms with Crippen LogP contribution in [0.4, 0.5) is 9.52 Å². The first kappa shape index (κ1) is 21.1. The Labute approximate surface area is 176 Å². The lowest BCUT2D eigenvalue weighted by Gasteiger charge is -2.34. The lowest BCUT2D eigenvalue weighted by atomic mass is 9.89. The number of nitrogens with one attached hydrogen (secondary N) is 1. The van der Waals surface area contributed by atoms with Crippen molar-refractivity contribution in [3.8, 4) is 0 Å². The molecule has 1 aliphatic heterocycles. The summed E-state index contributed by atoms with van der Waals surface area (Å²) in [6.07, 6.45) is -0.651. The number of H-pyrrole nitrogens is 1. The van der Waals surface area contributed by atoms with E-state index in [2.05, 4.69) is 9.97 Å². The minimum absolute atomic E-state index is 0.0525. The standard InChI is InChI=1S/C18H20Cl2FN3O3S/c1-3-27-17(26)12-8-28-18(23-12)24-5-4-10(11(21)7-24)6-13(25)16-15(20)14(19)9(2)22-16/h8,10-11,22H,3-7H2,1-2H3/t10-,11-/m1/s1. The predicted octanol–water partition coefficient (Wildman–Crippen LogP) is 4.70. The Morgan fingerprint density at radius 2 is 2.18 bits per heavy atom. The van der Waals surface area contributed by atoms with Crippen molar-refractivity contribution in [2.45, 2.75) is 32.9 Å². The van der Waals surface area contributed by atoms with Crippen molar-refractivity contribution < 1.29 is 18.7 Å². The molecular weight excluding hydrogens is 428 g/mol. The van der Waals surface area contributed by atoms with Crippen molar-refractivity contribution >= 4 is 51.4 Å². The number of hydrogen-bond donors (Lipinski definition) is 1. The Balaban J connectivity index is 1.61. The summed E-state index contributed by atoms with van der Waals surface area (Å²) >= 11 is 13.4. The first-order valence-corrected chi connectivity index (χ1v) is 10.5. The van der Waals surface area contributed by atoms with Gasteiger partial charge in [0.1, 0.15) is 11.9 Å². The van der Waals surface area contributed by atoms with Gasteiger partial charge in [0.15, 0.2) is 16.6 Å². The minimum atomic E-state index is -1.20. The van der Waals surface area contributed by atoms with Crippen molar-refractivity contribution in [3.63, 3.8) is 0 Å². The number of hydrogen-bond acceptors (Lipinski definition) is 6. The van der Waals surface area contributed by atoms with E-state index >= 15 is 0 Å². The van der Waals surface area contributed by atoms with Crippen LogP contribution in [0.5, 0.6) is 0 Å². The number of anilines is 1. The Morgan fingerprint density at radius 1 is 1.43 bits per heavy atom. The number of piperidine rings is 1. The van der Waals surface area contributed by atoms with E-state index in [0.717, 1.165) is 0 Å². The van der Waals surface area contributed by atoms with Gasteiger partial charge in [-0.25, -0.2) is 14.2 Å². The first-order valence-electron chi connectivity index (χ1n) is 8.90. The van der Waals surface area contributed by atoms with Crippen LogP contribution < -0.4 is 4.90 Å². The van der Waals surface area contributed by atoms with Gasteiger partial charge < -0.3 is 14.6 Å². The van der Waals surface area contributed by atoms with Gasteiger partial charge in [-0.2, -0.15) is 0 Å². The molecule has 0 aromatic carbocycles. The van der Waals surface area contributed by atoms with Gasteiger partial charge in [-0.3, -0.25) is 4.79 Å². The molecule has 0 saturated carbocycles. The third-order valence-electron chi connectivity index (χ3n) is 4.70. The number of carbonyl (C=O) groups excluding carboxylic acids is 2. The number of aromatic nitrogens is 2. The van der Waals surface area contributed by atoms with Crippen molar-refractivity contribution in [1.29, 1.82) is 0 Å². The highest BCUT2D eigenvalue weighted by atomic mass is 35.5. The fourth-order valence-corrected chi connectivity index (χ4v) is 4.44. The highest BCUT2D eigenvalue weighted by Crippen LogP contribution is 2.33. The molecular formula is C18H20Cl2FN3O3S. The number of Topliss-reactive ketones (excluding diaryl/α,β-unsaturated/α-hetero) is 1. The van der Waals surface area contributed by atoms with Gasteiger partial charge in [0.05, 0.1) is 23.2 Å². The summed E-state index contributed by atoms with van der Waals surface area (Å²) in [6.45, 7) is 4.38. The third-order valence-corrected chi connectivity index (χ3v) is 6.55. The van der Waals surface area contributed by atoms with E-state index in [1.165, 1.54) is 11.3 Å². The summed E-state index contributed by atoms with van der Waals surface area (Å²) in [5, 5.41) is 2.68. The highest BCUT2D eigenvalue weighted by molar-refractivity contribution is 7.13. The van der Waals surface area contributed by atoms with Crippen LogP contribution in [0.3, 0.4) is 0 Å². The largest absolute Gasteiger partial charge is 0.461 e. The second kappa shape index (κ2) is 8.80. The normalized spacial score (nSPS) is 19.7. The van der Waals surface area contributed by atoms with Gasteiger partial charge in [-0.15, -0.1) is 11.3 Å². The number of aromatic amines is 1. The summed E-state index contributed by atoms with van der Waals surface area (Å²) < 4.78 is 19.7. The third kappa shape index (κ3) is 4.34. The van der Waals surface area contributed by atoms with Crippen LogP contribution in [0.2, 0.25) is 10.0 Å². The molecule has 0 amide bonds. The molecule has 0 spiro atoms. The molecule has 0 radical (unpaired) electrons. The molecule has 1 fully saturated rings. The molecule has 1 saturated heterocycles. The van der Waals surface area contributed by atoms with Crippen LogP contribution >= 0.6 is 34.5 Å². The number of carbonyl (C=O) groups is 2. The maximum absolute atomic E-state index is 14.8. The molecule has 2 aromatic rings. The van der Waals surface area contributed by atoms with Crippen molar-refractivity contribution in [3.05, 3.63) is 32.5 Å². The number of ether oxygens (including phenoxy) is 1. The number of thiazole rings is 1. The number of nitrogens with zero attached hydrogens (tertiary/aromatic N) is 2. The zero-order valence-corrected chi connectivity index (χ0v) is 17.8. The molecule has 0 unspecified atom stereocenters. The van der Waals surface area contributed by atoms with Crippen LogP contribution in [0, 0.1) is 12.8 Å². The van der Waals surface area contributed by atoms with Crippen molar-refractivity contribution in [2.24, 2.45) is 5.92 Å². The molecule has 3 heterocycles. The van der Waals surface area contributed by atoms with E-state index in [0.29, 0.717) is 28.8 Å². The van der Waals surface area contributed by atoms with Crippen molar-refractivity contribution in [1.82, 2.24) is 9.97 Å². The molecule has 28 heavy (non-hydrogen) atoms. The number of halogens is 3. The molecule has 3 rings (SSSR count). The maximum atomic E-state index is 14.8. The SMILES string of the molecule is CCOC(=O)c1csc(N2CC[C@H](CC(=O)c3[nH]c(C)c(Cl)c3Cl)[C@H](F)C2)n1. The van der Waals surface area contributed by atoms with E-state index in [4.69, 9.17) is 27.9 Å². The zero-order chi connectivity index (χ0) is 20.4. The monoisotopic (exact) mass is 447 g/mol. The fraction of sp³-hybridized carbons (Fsp3) is 0.500. The van der Waals surface area contributed by atoms with Crippen LogP contribution in [0.15, 0.2) is 5.38 Å². The van der Waals surface area contributed by atoms with E-state index < -0.39 is 18.1 Å². The summed E-state index contributed by atoms with van der Waals surface area (Å²) in [5.74, 6) is -1.15. The predicted molar refractivity (Wildman–Crippen MR) is 108 cm³/mol. The van der Waals surface area contributed by atoms with Gasteiger partial charge in [0.2, 0.25) is 0 Å². The quantitative estimate of drug-likeness (QED) is 0.512. The summed E-state index contributed by atoms with van der Waals surface area (Å²) in [6, 6.07) is 0. The molecule has 2 atom stereocenters. The second-order valence-corrected chi connectivity index (χ2v) is 8.22. The van der Waals surface area contributed by atoms with Crippen LogP contribution in [-0.2, 0) is 4.74 Å². The number of ketones is 1. The van der Waals surface area contributed by atoms with Gasteiger partial charge in [-0.05, 0) is 20.3 Å². The molecule has 2 aromatic heterocycles. The minimum Gasteiger partial charge on any atom is -0.461 e. The molecule has 0 bridgehead atoms. The summed E-state index contributed by atoms with van der Waals surface area (Å²) in [5.41, 5.74) is 1.07. The van der Waals surface area contributed by atoms with E-state index in [1.807, 2.05) is 0 Å². The lowest BCUT2D eigenvalue weighted by molar-refractivity contribution is 0.0520. The van der Waals surface area contributed by atoms with E-state index in [1.54, 1.807) is 24.1 Å². The maximum Gasteiger partial charge on any atom is 0.357 e. The smallest absolute Gasteiger partial charge is 0.357 e. The van der Waals surface area contributed by atoms with Gasteiger partial charge in [0, 0.05) is 30.0 Å². The average molecular weight is 448 g/mol. The van der Waals surface area contributed by atoms with E-state index in [9.17, 15) is 14.0 Å². The Morgan fingerprint density at radius 3 is 2.79 bits per heavy atom. The van der Waals surface area contributed by atoms with Crippen LogP contribution in [-0.4, -0.2) is 47.6 Å². The molecule has 1 aliphatic rings. The van der Waals surface area contributed by atoms with Gasteiger partial charge in [0.25, 0.3) is 0 Å². The Hall–Kier alpha value is -1.64. The van der Waals surface area contributed by atoms with Crippen LogP contribution in [0.1, 0.15) is 46.4 Å². The van der Waals surface area contributed by atoms with Crippen LogP contribution in [0.25, 0.3) is 0 Å². The van der Waals surface area contributed by atoms with Crippen molar-refractivity contribution in [2.75, 3.05) is 24.6 Å². The van der Waals surface area contributed by atoms with E-state index in [-0.39, 0.29) is 41.8 Å². The molecule has 10 heteroatoms. The zero-order valence-electron chi connectivity index (χ0n) is 15.4. The average Bonchev–Trinajstić information content (AvgIpc) is 3.25. The number of aryl methyl sites for hydroxylation is 1. The first-order chi connectivity index (χ1) is 13.3. The topological polar surface area (TPSA) is 75.3 Å². The highest BCUT2D eigenvalue weighted by Gasteiger charge is 2.33. The summed E-state index contributed by atoms with van der Waals surface area (Å²) in [4.78, 5) is 33.2. The van der Waals surface area contributed by atoms with Gasteiger partial charge in [-0.1, -0.05) is 23.2 Å². The lowest BCUT2D eigenvalue weighted by Crippen LogP contribution is -2.42. The number of esters is 1. The molecule has 6 nitrogen and oxygen atoms in total. The molecule has 1 N–H and O–H groups in total. The molecule has 152 valence electrons. The van der Waals surface area contributed by atoms with Gasteiger partial charge >= 0.3 is 5.97 Å². The second-order valence-electron chi connectivity index (χ2n) is 6.63. The Kier molecular flexibility index (Phi) is 6.62. The number of alkyl halides is 1. The summed E-state index contributed by atoms with van der Waals surface area (Å²) in [7, 11) is 0. The Bertz CT molecular complexity index is 886.